The van der Waals surface area contributed by atoms with E-state index < -0.39 is 0 Å². The maximum absolute atomic E-state index is 6.14. The van der Waals surface area contributed by atoms with Crippen molar-refractivity contribution in [3.8, 4) is 22.3 Å². The van der Waals surface area contributed by atoms with Crippen molar-refractivity contribution < 1.29 is 0 Å². The predicted molar refractivity (Wildman–Crippen MR) is 143 cm³/mol. The number of aryl methyl sites for hydroxylation is 1. The maximum atomic E-state index is 6.14. The molecular weight excluding hydrogens is 398 g/mol. The number of hydrogen-bond donors (Lipinski definition) is 1. The van der Waals surface area contributed by atoms with Crippen LogP contribution in [0.25, 0.3) is 38.6 Å². The van der Waals surface area contributed by atoms with Crippen molar-refractivity contribution in [1.29, 1.82) is 0 Å². The highest BCUT2D eigenvalue weighted by Crippen LogP contribution is 2.35. The number of anilines is 1. The fourth-order valence-corrected chi connectivity index (χ4v) is 4.51. The van der Waals surface area contributed by atoms with Gasteiger partial charge in [0.2, 0.25) is 0 Å². The van der Waals surface area contributed by atoms with Crippen molar-refractivity contribution in [2.45, 2.75) is 12.8 Å². The molecule has 0 saturated carbocycles. The monoisotopic (exact) mass is 425 g/mol. The Balaban J connectivity index is 1.46. The molecule has 5 rings (SSSR count). The summed E-state index contributed by atoms with van der Waals surface area (Å²) in [5.41, 5.74) is 15.5. The molecule has 0 aliphatic rings. The summed E-state index contributed by atoms with van der Waals surface area (Å²) in [5.74, 6) is 0. The van der Waals surface area contributed by atoms with Crippen LogP contribution in [0.4, 0.5) is 5.69 Å². The number of hydrogen-bond acceptors (Lipinski definition) is 1. The van der Waals surface area contributed by atoms with Gasteiger partial charge >= 0.3 is 0 Å². The van der Waals surface area contributed by atoms with Crippen molar-refractivity contribution in [3.63, 3.8) is 0 Å². The van der Waals surface area contributed by atoms with Gasteiger partial charge in [-0.2, -0.15) is 0 Å². The number of nitrogens with two attached hydrogens (primary N) is 1. The van der Waals surface area contributed by atoms with Gasteiger partial charge in [-0.25, -0.2) is 0 Å². The van der Waals surface area contributed by atoms with Crippen molar-refractivity contribution in [2.75, 3.05) is 5.73 Å². The molecule has 0 saturated heterocycles. The Hall–Kier alpha value is -4.10. The van der Waals surface area contributed by atoms with E-state index >= 15 is 0 Å². The first-order valence-electron chi connectivity index (χ1n) is 11.4. The van der Waals surface area contributed by atoms with Gasteiger partial charge in [0, 0.05) is 5.69 Å². The van der Waals surface area contributed by atoms with Crippen molar-refractivity contribution in [1.82, 2.24) is 0 Å². The van der Waals surface area contributed by atoms with E-state index in [9.17, 15) is 0 Å². The molecule has 0 atom stereocenters. The minimum Gasteiger partial charge on any atom is -0.399 e. The highest BCUT2D eigenvalue weighted by Gasteiger charge is 2.11. The third-order valence-corrected chi connectivity index (χ3v) is 6.36. The van der Waals surface area contributed by atoms with Crippen LogP contribution in [-0.4, -0.2) is 0 Å². The summed E-state index contributed by atoms with van der Waals surface area (Å²) in [7, 11) is 0. The molecule has 0 aliphatic heterocycles. The van der Waals surface area contributed by atoms with Crippen LogP contribution in [-0.2, 0) is 6.42 Å². The van der Waals surface area contributed by atoms with Gasteiger partial charge in [0.05, 0.1) is 0 Å². The molecule has 2 N–H and O–H groups in total. The van der Waals surface area contributed by atoms with Crippen LogP contribution in [0.3, 0.4) is 0 Å². The molecule has 33 heavy (non-hydrogen) atoms. The summed E-state index contributed by atoms with van der Waals surface area (Å²) in [5, 5.41) is 2.50. The lowest BCUT2D eigenvalue weighted by atomic mass is 9.90. The molecule has 0 unspecified atom stereocenters. The van der Waals surface area contributed by atoms with Crippen LogP contribution >= 0.6 is 0 Å². The lowest BCUT2D eigenvalue weighted by molar-refractivity contribution is 1.02. The Morgan fingerprint density at radius 2 is 1.18 bits per heavy atom. The lowest BCUT2D eigenvalue weighted by Gasteiger charge is -2.14. The van der Waals surface area contributed by atoms with Crippen LogP contribution in [0.2, 0.25) is 0 Å². The van der Waals surface area contributed by atoms with E-state index in [2.05, 4.69) is 97.6 Å². The second-order valence-electron chi connectivity index (χ2n) is 8.45. The normalized spacial score (nSPS) is 10.9. The third-order valence-electron chi connectivity index (χ3n) is 6.36. The largest absolute Gasteiger partial charge is 0.399 e. The molecule has 0 heterocycles. The zero-order valence-corrected chi connectivity index (χ0v) is 18.7. The molecule has 5 aromatic rings. The van der Waals surface area contributed by atoms with Crippen LogP contribution in [0.5, 0.6) is 0 Å². The summed E-state index contributed by atoms with van der Waals surface area (Å²) < 4.78 is 0. The number of nitrogen functional groups attached to an aromatic ring is 1. The number of fused-ring (bicyclic) bond motifs is 1. The van der Waals surface area contributed by atoms with E-state index in [4.69, 9.17) is 5.73 Å². The quantitative estimate of drug-likeness (QED) is 0.272. The highest BCUT2D eigenvalue weighted by atomic mass is 14.6. The molecule has 0 aliphatic carbocycles. The Kier molecular flexibility index (Phi) is 5.78. The number of rotatable bonds is 6. The Bertz CT molecular complexity index is 1410. The first kappa shape index (κ1) is 20.8. The molecule has 0 amide bonds. The van der Waals surface area contributed by atoms with E-state index in [1.165, 1.54) is 44.2 Å². The van der Waals surface area contributed by atoms with Crippen molar-refractivity contribution in [3.05, 3.63) is 133 Å². The molecule has 0 bridgehead atoms. The van der Waals surface area contributed by atoms with E-state index in [0.717, 1.165) is 24.1 Å². The Morgan fingerprint density at radius 1 is 0.576 bits per heavy atom. The molecule has 0 fully saturated rings. The zero-order valence-electron chi connectivity index (χ0n) is 18.7. The molecule has 0 aromatic heterocycles. The maximum Gasteiger partial charge on any atom is 0.0346 e. The Labute approximate surface area is 195 Å². The second kappa shape index (κ2) is 9.18. The fraction of sp³-hybridized carbons (Fsp3) is 0.0625. The topological polar surface area (TPSA) is 26.0 Å². The first-order valence-corrected chi connectivity index (χ1v) is 11.4. The van der Waals surface area contributed by atoms with Gasteiger partial charge in [-0.05, 0) is 68.6 Å². The Morgan fingerprint density at radius 3 is 1.94 bits per heavy atom. The van der Waals surface area contributed by atoms with Gasteiger partial charge in [-0.1, -0.05) is 116 Å². The molecule has 0 spiro atoms. The van der Waals surface area contributed by atoms with Gasteiger partial charge in [0.25, 0.3) is 0 Å². The fourth-order valence-electron chi connectivity index (χ4n) is 4.51. The molecule has 0 radical (unpaired) electrons. The van der Waals surface area contributed by atoms with Gasteiger partial charge in [0.1, 0.15) is 0 Å². The molecule has 1 heteroatoms. The standard InChI is InChI=1S/C32H27N/c1-23(15-16-27-11-5-8-14-32(27)33)28-21-22-29(31-13-7-6-12-30(28)31)26-19-17-25(18-20-26)24-9-3-2-4-10-24/h2-14,17-22H,1,15-16,33H2. The van der Waals surface area contributed by atoms with E-state index in [0.29, 0.717) is 0 Å². The van der Waals surface area contributed by atoms with Gasteiger partial charge in [0.15, 0.2) is 0 Å². The van der Waals surface area contributed by atoms with Crippen LogP contribution in [0, 0.1) is 0 Å². The van der Waals surface area contributed by atoms with E-state index in [-0.39, 0.29) is 0 Å². The SMILES string of the molecule is C=C(CCc1ccccc1N)c1ccc(-c2ccc(-c3ccccc3)cc2)c2ccccc12. The average molecular weight is 426 g/mol. The number of benzene rings is 5. The molecule has 5 aromatic carbocycles. The predicted octanol–water partition coefficient (Wildman–Crippen LogP) is 8.40. The van der Waals surface area contributed by atoms with Gasteiger partial charge in [-0.3, -0.25) is 0 Å². The highest BCUT2D eigenvalue weighted by molar-refractivity contribution is 6.02. The number of allylic oxidation sites excluding steroid dienone is 1. The van der Waals surface area contributed by atoms with E-state index in [1.54, 1.807) is 0 Å². The first-order chi connectivity index (χ1) is 16.2. The summed E-state index contributed by atoms with van der Waals surface area (Å²) in [4.78, 5) is 0. The number of para-hydroxylation sites is 1. The lowest BCUT2D eigenvalue weighted by Crippen LogP contribution is -1.95. The van der Waals surface area contributed by atoms with Crippen molar-refractivity contribution >= 4 is 22.0 Å². The summed E-state index contributed by atoms with van der Waals surface area (Å²) in [6.07, 6.45) is 1.77. The molecule has 160 valence electrons. The second-order valence-corrected chi connectivity index (χ2v) is 8.45. The smallest absolute Gasteiger partial charge is 0.0346 e. The van der Waals surface area contributed by atoms with Gasteiger partial charge < -0.3 is 5.73 Å². The third kappa shape index (κ3) is 4.31. The van der Waals surface area contributed by atoms with Gasteiger partial charge in [-0.15, -0.1) is 0 Å². The van der Waals surface area contributed by atoms with Crippen LogP contribution < -0.4 is 5.73 Å². The summed E-state index contributed by atoms with van der Waals surface area (Å²) in [6, 6.07) is 40.5. The summed E-state index contributed by atoms with van der Waals surface area (Å²) in [6.45, 7) is 4.43. The van der Waals surface area contributed by atoms with Crippen LogP contribution in [0.1, 0.15) is 17.5 Å². The minimum atomic E-state index is 0.851. The molecule has 1 nitrogen and oxygen atoms in total. The zero-order chi connectivity index (χ0) is 22.6. The van der Waals surface area contributed by atoms with Crippen LogP contribution in [0.15, 0.2) is 122 Å². The summed E-state index contributed by atoms with van der Waals surface area (Å²) >= 11 is 0. The molecular formula is C32H27N. The average Bonchev–Trinajstić information content (AvgIpc) is 2.88. The minimum absolute atomic E-state index is 0.851. The van der Waals surface area contributed by atoms with E-state index in [1.807, 2.05) is 24.3 Å². The van der Waals surface area contributed by atoms with Crippen molar-refractivity contribution in [2.24, 2.45) is 0 Å².